The molecule has 4 aliphatic rings. The molecule has 12 nitrogen and oxygen atoms in total. The van der Waals surface area contributed by atoms with Crippen LogP contribution in [0.25, 0.3) is 12.2 Å². The molecular formula is C38H51N5O7. The third kappa shape index (κ3) is 7.04. The van der Waals surface area contributed by atoms with Crippen LogP contribution in [-0.4, -0.2) is 76.6 Å². The number of carbonyl (C=O) groups excluding carboxylic acids is 2. The maximum Gasteiger partial charge on any atom is 0.309 e. The molecule has 12 heteroatoms. The molecule has 50 heavy (non-hydrogen) atoms. The van der Waals surface area contributed by atoms with Crippen molar-refractivity contribution >= 4 is 30.0 Å². The number of allylic oxidation sites excluding steroid dienone is 4. The summed E-state index contributed by atoms with van der Waals surface area (Å²) in [5, 5.41) is 42.9. The third-order valence-corrected chi connectivity index (χ3v) is 10.7. The van der Waals surface area contributed by atoms with Crippen LogP contribution in [0.15, 0.2) is 56.7 Å². The number of hydrogen-bond donors (Lipinski definition) is 8. The van der Waals surface area contributed by atoms with E-state index in [2.05, 4.69) is 73.0 Å². The molecule has 1 aromatic heterocycles. The first-order valence-corrected chi connectivity index (χ1v) is 17.5. The van der Waals surface area contributed by atoms with Crippen molar-refractivity contribution in [3.63, 3.8) is 0 Å². The van der Waals surface area contributed by atoms with Gasteiger partial charge in [0.15, 0.2) is 0 Å². The fraction of sp³-hybridized carbons (Fsp3) is 0.500. The Bertz CT molecular complexity index is 1760. The fourth-order valence-corrected chi connectivity index (χ4v) is 7.77. The quantitative estimate of drug-likeness (QED) is 0.160. The van der Waals surface area contributed by atoms with E-state index in [1.54, 1.807) is 0 Å². The van der Waals surface area contributed by atoms with Crippen molar-refractivity contribution in [1.82, 2.24) is 26.3 Å². The molecule has 0 radical (unpaired) electrons. The average molecular weight is 690 g/mol. The summed E-state index contributed by atoms with van der Waals surface area (Å²) in [6.45, 7) is 11.7. The highest BCUT2D eigenvalue weighted by atomic mass is 16.5. The molecule has 270 valence electrons. The number of methoxy groups -OCH3 is 1. The van der Waals surface area contributed by atoms with Crippen LogP contribution in [0.4, 0.5) is 0 Å². The van der Waals surface area contributed by atoms with E-state index in [4.69, 9.17) is 4.74 Å². The number of aromatic nitrogens is 1. The minimum absolute atomic E-state index is 0.0783. The molecular weight excluding hydrogens is 638 g/mol. The van der Waals surface area contributed by atoms with E-state index in [9.17, 15) is 29.7 Å². The molecule has 5 unspecified atom stereocenters. The van der Waals surface area contributed by atoms with Crippen molar-refractivity contribution in [2.24, 2.45) is 11.8 Å². The summed E-state index contributed by atoms with van der Waals surface area (Å²) in [5.74, 6) is -2.31. The summed E-state index contributed by atoms with van der Waals surface area (Å²) in [6.07, 6.45) is 6.86. The molecule has 0 spiro atoms. The van der Waals surface area contributed by atoms with Gasteiger partial charge in [0.05, 0.1) is 38.3 Å². The zero-order chi connectivity index (χ0) is 36.4. The molecule has 8 bridgehead atoms. The van der Waals surface area contributed by atoms with Crippen molar-refractivity contribution in [3.8, 4) is 0 Å². The van der Waals surface area contributed by atoms with Gasteiger partial charge in [0.1, 0.15) is 0 Å². The van der Waals surface area contributed by atoms with Gasteiger partial charge in [-0.05, 0) is 91.7 Å². The lowest BCUT2D eigenvalue weighted by Crippen LogP contribution is -2.40. The van der Waals surface area contributed by atoms with Crippen molar-refractivity contribution in [3.05, 3.63) is 79.2 Å². The first kappa shape index (κ1) is 36.7. The average Bonchev–Trinajstić information content (AvgIpc) is 3.77. The van der Waals surface area contributed by atoms with Crippen LogP contribution in [0, 0.1) is 18.8 Å². The normalized spacial score (nSPS) is 28.1. The van der Waals surface area contributed by atoms with Crippen LogP contribution in [-0.2, 0) is 25.5 Å². The van der Waals surface area contributed by atoms with E-state index in [0.29, 0.717) is 34.5 Å². The first-order chi connectivity index (χ1) is 23.8. The zero-order valence-corrected chi connectivity index (χ0v) is 30.0. The SMILES string of the molecule is CCC1=C(C)C2/C=C3\N/C(=C(/CC(=O)OC)C4N/C(=C\c5[nH]c(c(C)c5CC)/C=C/1N2)C(C)=C4C(=O)NCC(O)CO)C(CCC(=O)O)C3C. The Kier molecular flexibility index (Phi) is 11.1. The van der Waals surface area contributed by atoms with Gasteiger partial charge in [0.25, 0.3) is 0 Å². The molecule has 5 rings (SSSR count). The molecule has 1 fully saturated rings. The van der Waals surface area contributed by atoms with Gasteiger partial charge in [-0.15, -0.1) is 0 Å². The van der Waals surface area contributed by atoms with Gasteiger partial charge in [-0.1, -0.05) is 20.8 Å². The van der Waals surface area contributed by atoms with Gasteiger partial charge >= 0.3 is 11.9 Å². The second kappa shape index (κ2) is 15.1. The van der Waals surface area contributed by atoms with Gasteiger partial charge < -0.3 is 46.3 Å². The number of carbonyl (C=O) groups is 3. The number of carboxylic acids is 1. The monoisotopic (exact) mass is 689 g/mol. The number of aliphatic hydroxyl groups is 2. The summed E-state index contributed by atoms with van der Waals surface area (Å²) in [4.78, 5) is 42.6. The highest BCUT2D eigenvalue weighted by Gasteiger charge is 2.42. The van der Waals surface area contributed by atoms with Crippen molar-refractivity contribution in [2.75, 3.05) is 20.3 Å². The molecule has 4 aliphatic heterocycles. The number of amides is 1. The minimum Gasteiger partial charge on any atom is -0.481 e. The van der Waals surface area contributed by atoms with E-state index in [1.165, 1.54) is 18.3 Å². The van der Waals surface area contributed by atoms with Crippen LogP contribution < -0.4 is 21.3 Å². The van der Waals surface area contributed by atoms with Gasteiger partial charge in [0.2, 0.25) is 5.91 Å². The Morgan fingerprint density at radius 2 is 1.76 bits per heavy atom. The number of aliphatic carboxylic acids is 1. The number of ether oxygens (including phenoxy) is 1. The number of nitrogens with one attached hydrogen (secondary N) is 5. The Hall–Kier alpha value is -4.55. The van der Waals surface area contributed by atoms with Crippen molar-refractivity contribution in [1.29, 1.82) is 0 Å². The molecule has 1 saturated heterocycles. The van der Waals surface area contributed by atoms with Crippen molar-refractivity contribution in [2.45, 2.75) is 91.8 Å². The minimum atomic E-state index is -1.15. The number of carboxylic acid groups (broad SMARTS) is 1. The van der Waals surface area contributed by atoms with Gasteiger partial charge in [0, 0.05) is 64.6 Å². The van der Waals surface area contributed by atoms with E-state index in [1.807, 2.05) is 13.0 Å². The van der Waals surface area contributed by atoms with Crippen molar-refractivity contribution < 1.29 is 34.4 Å². The van der Waals surface area contributed by atoms with Gasteiger partial charge in [-0.3, -0.25) is 14.4 Å². The molecule has 0 saturated carbocycles. The largest absolute Gasteiger partial charge is 0.481 e. The lowest BCUT2D eigenvalue weighted by molar-refractivity contribution is -0.140. The number of esters is 1. The summed E-state index contributed by atoms with van der Waals surface area (Å²) in [7, 11) is 1.31. The molecule has 1 aromatic rings. The predicted molar refractivity (Wildman–Crippen MR) is 191 cm³/mol. The smallest absolute Gasteiger partial charge is 0.309 e. The Morgan fingerprint density at radius 3 is 2.40 bits per heavy atom. The van der Waals surface area contributed by atoms with E-state index in [0.717, 1.165) is 46.8 Å². The number of aliphatic hydroxyl groups excluding tert-OH is 2. The Morgan fingerprint density at radius 1 is 1.04 bits per heavy atom. The first-order valence-electron chi connectivity index (χ1n) is 17.5. The number of H-pyrrole nitrogens is 1. The molecule has 0 aromatic carbocycles. The van der Waals surface area contributed by atoms with Crippen LogP contribution in [0.5, 0.6) is 0 Å². The van der Waals surface area contributed by atoms with E-state index >= 15 is 0 Å². The van der Waals surface area contributed by atoms with Gasteiger partial charge in [-0.25, -0.2) is 0 Å². The molecule has 8 N–H and O–H groups in total. The summed E-state index contributed by atoms with van der Waals surface area (Å²) >= 11 is 0. The van der Waals surface area contributed by atoms with Crippen LogP contribution in [0.1, 0.15) is 82.8 Å². The zero-order valence-electron chi connectivity index (χ0n) is 30.0. The Balaban J connectivity index is 1.80. The number of aromatic amines is 1. The van der Waals surface area contributed by atoms with Gasteiger partial charge in [-0.2, -0.15) is 0 Å². The number of hydrogen-bond acceptors (Lipinski definition) is 9. The standard InChI is InChI=1S/C38H51N5O7/c1-8-23-18(3)27-13-29-20(5)25(10-11-33(46)47)36(42-29)26(12-34(48)50-7)37-35(38(49)39-16-22(45)17-44)21(6)30(43-37)15-32-24(9-2)19(4)28(41-32)14-31(23)40-27/h13-15,20,22,25,27,37,40-45H,8-12,16-17H2,1-7H3,(H,39,49)(H,46,47)/b29-13-,30-15-,31-14-,36-26-. The second-order valence-corrected chi connectivity index (χ2v) is 13.6. The van der Waals surface area contributed by atoms with Crippen LogP contribution in [0.2, 0.25) is 0 Å². The fourth-order valence-electron chi connectivity index (χ4n) is 7.77. The topological polar surface area (TPSA) is 185 Å². The van der Waals surface area contributed by atoms with Crippen LogP contribution in [0.3, 0.4) is 0 Å². The summed E-state index contributed by atoms with van der Waals surface area (Å²) in [5.41, 5.74) is 11.5. The molecule has 1 amide bonds. The number of rotatable bonds is 11. The molecule has 5 heterocycles. The molecule has 0 aliphatic carbocycles. The summed E-state index contributed by atoms with van der Waals surface area (Å²) in [6, 6.07) is -0.901. The Labute approximate surface area is 293 Å². The lowest BCUT2D eigenvalue weighted by Gasteiger charge is -2.25. The highest BCUT2D eigenvalue weighted by molar-refractivity contribution is 5.99. The summed E-state index contributed by atoms with van der Waals surface area (Å²) < 4.78 is 5.17. The highest BCUT2D eigenvalue weighted by Crippen LogP contribution is 2.43. The maximum absolute atomic E-state index is 14.0. The van der Waals surface area contributed by atoms with Crippen LogP contribution >= 0.6 is 0 Å². The maximum atomic E-state index is 14.0. The van der Waals surface area contributed by atoms with E-state index in [-0.39, 0.29) is 37.3 Å². The van der Waals surface area contributed by atoms with E-state index < -0.39 is 36.6 Å². The molecule has 5 atom stereocenters. The number of fused-ring (bicyclic) bond motifs is 8. The lowest BCUT2D eigenvalue weighted by atomic mass is 9.83. The predicted octanol–water partition coefficient (Wildman–Crippen LogP) is 3.46. The second-order valence-electron chi connectivity index (χ2n) is 13.6. The third-order valence-electron chi connectivity index (χ3n) is 10.7.